The number of anilines is 1. The second-order valence-corrected chi connectivity index (χ2v) is 6.81. The molecule has 0 fully saturated rings. The number of amides is 1. The summed E-state index contributed by atoms with van der Waals surface area (Å²) in [4.78, 5) is 10.8. The average Bonchev–Trinajstić information content (AvgIpc) is 2.95. The molecule has 2 aromatic heterocycles. The predicted molar refractivity (Wildman–Crippen MR) is 71.7 cm³/mol. The lowest BCUT2D eigenvalue weighted by molar-refractivity contribution is -0.114. The minimum absolute atomic E-state index is 0.0191. The number of nitrogens with zero attached hydrogens (tertiary/aromatic N) is 2. The fourth-order valence-electron chi connectivity index (χ4n) is 1.33. The van der Waals surface area contributed by atoms with Gasteiger partial charge < -0.3 is 9.73 Å². The molecule has 20 heavy (non-hydrogen) atoms. The molecule has 2 aromatic rings. The lowest BCUT2D eigenvalue weighted by Crippen LogP contribution is -2.22. The second kappa shape index (κ2) is 5.69. The summed E-state index contributed by atoms with van der Waals surface area (Å²) in [7, 11) is -3.78. The van der Waals surface area contributed by atoms with Gasteiger partial charge in [-0.15, -0.1) is 10.2 Å². The topological polar surface area (TPSA) is 114 Å². The van der Waals surface area contributed by atoms with E-state index in [1.165, 1.54) is 6.92 Å². The van der Waals surface area contributed by atoms with Gasteiger partial charge in [0.05, 0.1) is 6.54 Å². The van der Waals surface area contributed by atoms with Crippen molar-refractivity contribution in [3.05, 3.63) is 23.7 Å². The molecule has 108 valence electrons. The molecule has 2 N–H and O–H groups in total. The highest BCUT2D eigenvalue weighted by Crippen LogP contribution is 2.20. The van der Waals surface area contributed by atoms with Crippen LogP contribution in [0.15, 0.2) is 20.9 Å². The maximum Gasteiger partial charge on any atom is 0.270 e. The zero-order valence-corrected chi connectivity index (χ0v) is 12.3. The molecule has 0 saturated heterocycles. The van der Waals surface area contributed by atoms with Crippen molar-refractivity contribution in [2.24, 2.45) is 0 Å². The monoisotopic (exact) mass is 316 g/mol. The fourth-order valence-corrected chi connectivity index (χ4v) is 3.31. The molecule has 0 aliphatic rings. The predicted octanol–water partition coefficient (Wildman–Crippen LogP) is 0.876. The van der Waals surface area contributed by atoms with Gasteiger partial charge in [0.25, 0.3) is 10.0 Å². The number of rotatable bonds is 5. The number of aromatic nitrogens is 2. The lowest BCUT2D eigenvalue weighted by atomic mass is 10.4. The molecule has 0 aliphatic heterocycles. The molecule has 2 rings (SSSR count). The molecule has 1 amide bonds. The third kappa shape index (κ3) is 3.62. The molecule has 2 heterocycles. The first kappa shape index (κ1) is 14.6. The van der Waals surface area contributed by atoms with Crippen LogP contribution in [0.2, 0.25) is 0 Å². The lowest BCUT2D eigenvalue weighted by Gasteiger charge is -2.00. The van der Waals surface area contributed by atoms with E-state index < -0.39 is 10.0 Å². The Morgan fingerprint density at radius 3 is 2.75 bits per heavy atom. The van der Waals surface area contributed by atoms with Crippen LogP contribution in [0.4, 0.5) is 5.13 Å². The van der Waals surface area contributed by atoms with Crippen LogP contribution in [0.1, 0.15) is 18.4 Å². The molecular weight excluding hydrogens is 304 g/mol. The van der Waals surface area contributed by atoms with Crippen molar-refractivity contribution in [2.75, 3.05) is 5.32 Å². The fraction of sp³-hybridized carbons (Fsp3) is 0.300. The van der Waals surface area contributed by atoms with E-state index in [4.69, 9.17) is 4.42 Å². The van der Waals surface area contributed by atoms with Crippen LogP contribution < -0.4 is 10.0 Å². The van der Waals surface area contributed by atoms with Gasteiger partial charge in [-0.25, -0.2) is 13.1 Å². The third-order valence-electron chi connectivity index (χ3n) is 2.15. The summed E-state index contributed by atoms with van der Waals surface area (Å²) in [6, 6.07) is 3.42. The Labute approximate surface area is 119 Å². The Balaban J connectivity index is 2.06. The van der Waals surface area contributed by atoms with Gasteiger partial charge in [0.1, 0.15) is 11.5 Å². The van der Waals surface area contributed by atoms with Crippen LogP contribution in [0, 0.1) is 6.92 Å². The number of hydrogen-bond donors (Lipinski definition) is 2. The zero-order chi connectivity index (χ0) is 14.8. The van der Waals surface area contributed by atoms with Crippen LogP contribution in [-0.4, -0.2) is 24.5 Å². The number of carbonyl (C=O) groups excluding carboxylic acids is 1. The van der Waals surface area contributed by atoms with Crippen molar-refractivity contribution >= 4 is 32.4 Å². The van der Waals surface area contributed by atoms with E-state index in [1.54, 1.807) is 19.1 Å². The van der Waals surface area contributed by atoms with Gasteiger partial charge in [0.2, 0.25) is 15.4 Å². The summed E-state index contributed by atoms with van der Waals surface area (Å²) in [6.45, 7) is 3.08. The molecule has 10 heteroatoms. The van der Waals surface area contributed by atoms with Crippen LogP contribution in [-0.2, 0) is 21.4 Å². The highest BCUT2D eigenvalue weighted by atomic mass is 32.2. The van der Waals surface area contributed by atoms with E-state index in [1.807, 2.05) is 0 Å². The molecule has 0 atom stereocenters. The molecule has 0 aliphatic carbocycles. The molecule has 0 saturated carbocycles. The molecule has 0 radical (unpaired) electrons. The zero-order valence-electron chi connectivity index (χ0n) is 10.7. The summed E-state index contributed by atoms with van der Waals surface area (Å²) in [5.74, 6) is 0.852. The van der Waals surface area contributed by atoms with Crippen LogP contribution in [0.25, 0.3) is 0 Å². The summed E-state index contributed by atoms with van der Waals surface area (Å²) in [6.07, 6.45) is 0. The highest BCUT2D eigenvalue weighted by Gasteiger charge is 2.20. The Hall–Kier alpha value is -1.78. The molecule has 0 unspecified atom stereocenters. The van der Waals surface area contributed by atoms with E-state index >= 15 is 0 Å². The molecule has 0 bridgehead atoms. The van der Waals surface area contributed by atoms with Crippen molar-refractivity contribution in [1.29, 1.82) is 0 Å². The molecular formula is C10H12N4O4S2. The largest absolute Gasteiger partial charge is 0.465 e. The van der Waals surface area contributed by atoms with Gasteiger partial charge in [-0.05, 0) is 19.1 Å². The normalized spacial score (nSPS) is 11.5. The average molecular weight is 316 g/mol. The molecule has 8 nitrogen and oxygen atoms in total. The van der Waals surface area contributed by atoms with Crippen molar-refractivity contribution in [3.8, 4) is 0 Å². The minimum Gasteiger partial charge on any atom is -0.465 e. The number of sulfonamides is 1. The maximum absolute atomic E-state index is 12.0. The van der Waals surface area contributed by atoms with Gasteiger partial charge in [-0.2, -0.15) is 0 Å². The first-order valence-electron chi connectivity index (χ1n) is 5.53. The van der Waals surface area contributed by atoms with Gasteiger partial charge >= 0.3 is 0 Å². The number of nitrogens with one attached hydrogen (secondary N) is 2. The van der Waals surface area contributed by atoms with Crippen LogP contribution in [0.3, 0.4) is 0 Å². The van der Waals surface area contributed by atoms with Gasteiger partial charge in [-0.3, -0.25) is 4.79 Å². The van der Waals surface area contributed by atoms with Crippen LogP contribution >= 0.6 is 11.3 Å². The van der Waals surface area contributed by atoms with Crippen molar-refractivity contribution < 1.29 is 17.6 Å². The van der Waals surface area contributed by atoms with Gasteiger partial charge in [0, 0.05) is 6.92 Å². The number of aryl methyl sites for hydroxylation is 1. The van der Waals surface area contributed by atoms with E-state index in [-0.39, 0.29) is 21.9 Å². The van der Waals surface area contributed by atoms with Crippen molar-refractivity contribution in [3.63, 3.8) is 0 Å². The van der Waals surface area contributed by atoms with E-state index in [0.29, 0.717) is 11.5 Å². The number of furan rings is 1. The smallest absolute Gasteiger partial charge is 0.270 e. The molecule has 0 aromatic carbocycles. The van der Waals surface area contributed by atoms with E-state index in [2.05, 4.69) is 20.2 Å². The van der Waals surface area contributed by atoms with E-state index in [0.717, 1.165) is 11.3 Å². The van der Waals surface area contributed by atoms with E-state index in [9.17, 15) is 13.2 Å². The standard InChI is InChI=1S/C10H12N4O4S2/c1-6-3-4-8(18-6)5-11-20(16,17)10-14-13-9(19-10)12-7(2)15/h3-4,11H,5H2,1-2H3,(H,12,13,15). The summed E-state index contributed by atoms with van der Waals surface area (Å²) < 4.78 is 31.3. The van der Waals surface area contributed by atoms with Gasteiger partial charge in [0.15, 0.2) is 0 Å². The first-order chi connectivity index (χ1) is 9.37. The number of carbonyl (C=O) groups is 1. The summed E-state index contributed by atoms with van der Waals surface area (Å²) in [5.41, 5.74) is 0. The highest BCUT2D eigenvalue weighted by molar-refractivity contribution is 7.91. The molecule has 0 spiro atoms. The second-order valence-electron chi connectivity index (χ2n) is 3.89. The summed E-state index contributed by atoms with van der Waals surface area (Å²) >= 11 is 0.773. The van der Waals surface area contributed by atoms with Gasteiger partial charge in [-0.1, -0.05) is 11.3 Å². The van der Waals surface area contributed by atoms with Crippen molar-refractivity contribution in [1.82, 2.24) is 14.9 Å². The van der Waals surface area contributed by atoms with Crippen molar-refractivity contribution in [2.45, 2.75) is 24.7 Å². The van der Waals surface area contributed by atoms with Crippen LogP contribution in [0.5, 0.6) is 0 Å². The maximum atomic E-state index is 12.0. The SMILES string of the molecule is CC(=O)Nc1nnc(S(=O)(=O)NCc2ccc(C)o2)s1. The Bertz CT molecular complexity index is 719. The Morgan fingerprint density at radius 2 is 2.15 bits per heavy atom. The Kier molecular flexibility index (Phi) is 4.16. The Morgan fingerprint density at radius 1 is 1.40 bits per heavy atom. The quantitative estimate of drug-likeness (QED) is 0.791. The number of hydrogen-bond acceptors (Lipinski definition) is 7. The third-order valence-corrected chi connectivity index (χ3v) is 4.76. The first-order valence-corrected chi connectivity index (χ1v) is 7.83. The summed E-state index contributed by atoms with van der Waals surface area (Å²) in [5, 5.41) is 9.61. The minimum atomic E-state index is -3.78.